The average Bonchev–Trinajstić information content (AvgIpc) is 2.92. The molecule has 0 spiro atoms. The number of amides is 2. The zero-order chi connectivity index (χ0) is 17.3. The first kappa shape index (κ1) is 16.1. The van der Waals surface area contributed by atoms with Gasteiger partial charge in [-0.05, 0) is 24.5 Å². The second-order valence-electron chi connectivity index (χ2n) is 6.34. The van der Waals surface area contributed by atoms with Crippen molar-refractivity contribution in [1.82, 2.24) is 5.32 Å². The molecule has 3 N–H and O–H groups in total. The first-order valence-corrected chi connectivity index (χ1v) is 7.98. The maximum atomic E-state index is 12.7. The topological polar surface area (TPSA) is 85.3 Å². The van der Waals surface area contributed by atoms with Crippen LogP contribution in [0.5, 0.6) is 0 Å². The molecule has 1 heterocycles. The molecule has 0 unspecified atom stereocenters. The number of furan rings is 1. The van der Waals surface area contributed by atoms with Crippen LogP contribution in [0.3, 0.4) is 0 Å². The number of hydrogen-bond acceptors (Lipinski definition) is 3. The fourth-order valence-electron chi connectivity index (χ4n) is 2.88. The van der Waals surface area contributed by atoms with Gasteiger partial charge in [-0.15, -0.1) is 0 Å². The van der Waals surface area contributed by atoms with Crippen molar-refractivity contribution in [3.63, 3.8) is 0 Å². The van der Waals surface area contributed by atoms with E-state index < -0.39 is 11.9 Å². The predicted octanol–water partition coefficient (Wildman–Crippen LogP) is 3.22. The minimum atomic E-state index is -0.697. The molecule has 0 saturated heterocycles. The van der Waals surface area contributed by atoms with Crippen LogP contribution in [0.25, 0.3) is 21.9 Å². The number of para-hydroxylation sites is 2. The molecule has 2 amide bonds. The fourth-order valence-corrected chi connectivity index (χ4v) is 2.88. The maximum Gasteiger partial charge on any atom is 0.255 e. The van der Waals surface area contributed by atoms with Gasteiger partial charge < -0.3 is 15.5 Å². The van der Waals surface area contributed by atoms with E-state index in [1.807, 2.05) is 44.2 Å². The van der Waals surface area contributed by atoms with Gasteiger partial charge in [0.05, 0.1) is 5.56 Å². The number of benzene rings is 2. The standard InChI is InChI=1S/C19H20N2O3/c1-11(2)10-15(18(20)22)21-19(23)14-8-5-7-13-12-6-3-4-9-16(12)24-17(13)14/h3-9,11,15H,10H2,1-2H3,(H2,20,22)(H,21,23)/t15-/m0/s1. The molecule has 3 rings (SSSR count). The van der Waals surface area contributed by atoms with E-state index in [9.17, 15) is 9.59 Å². The Morgan fingerprint density at radius 3 is 2.50 bits per heavy atom. The molecule has 1 aromatic heterocycles. The minimum absolute atomic E-state index is 0.241. The molecule has 24 heavy (non-hydrogen) atoms. The lowest BCUT2D eigenvalue weighted by molar-refractivity contribution is -0.120. The molecule has 5 heteroatoms. The zero-order valence-electron chi connectivity index (χ0n) is 13.7. The van der Waals surface area contributed by atoms with Crippen LogP contribution in [0.4, 0.5) is 0 Å². The van der Waals surface area contributed by atoms with Gasteiger partial charge in [0.1, 0.15) is 17.2 Å². The van der Waals surface area contributed by atoms with Crippen molar-refractivity contribution < 1.29 is 14.0 Å². The molecule has 0 bridgehead atoms. The van der Waals surface area contributed by atoms with Gasteiger partial charge in [-0.1, -0.05) is 44.2 Å². The average molecular weight is 324 g/mol. The molecule has 0 saturated carbocycles. The van der Waals surface area contributed by atoms with Gasteiger partial charge in [0.15, 0.2) is 0 Å². The molecule has 1 atom stereocenters. The molecule has 3 aromatic rings. The SMILES string of the molecule is CC(C)C[C@H](NC(=O)c1cccc2c1oc1ccccc12)C(N)=O. The third-order valence-corrected chi connectivity index (χ3v) is 4.00. The van der Waals surface area contributed by atoms with Gasteiger partial charge in [0.2, 0.25) is 5.91 Å². The maximum absolute atomic E-state index is 12.7. The monoisotopic (exact) mass is 324 g/mol. The van der Waals surface area contributed by atoms with E-state index in [4.69, 9.17) is 10.2 Å². The lowest BCUT2D eigenvalue weighted by atomic mass is 10.0. The Morgan fingerprint density at radius 2 is 1.79 bits per heavy atom. The Labute approximate surface area is 139 Å². The van der Waals surface area contributed by atoms with E-state index >= 15 is 0 Å². The van der Waals surface area contributed by atoms with Crippen molar-refractivity contribution in [3.8, 4) is 0 Å². The largest absolute Gasteiger partial charge is 0.455 e. The van der Waals surface area contributed by atoms with Crippen LogP contribution >= 0.6 is 0 Å². The Kier molecular flexibility index (Phi) is 4.25. The summed E-state index contributed by atoms with van der Waals surface area (Å²) in [6.07, 6.45) is 0.497. The number of nitrogens with two attached hydrogens (primary N) is 1. The summed E-state index contributed by atoms with van der Waals surface area (Å²) in [5.74, 6) is -0.650. The van der Waals surface area contributed by atoms with Crippen LogP contribution in [0, 0.1) is 5.92 Å². The Hall–Kier alpha value is -2.82. The minimum Gasteiger partial charge on any atom is -0.455 e. The van der Waals surface area contributed by atoms with E-state index in [2.05, 4.69) is 5.32 Å². The third-order valence-electron chi connectivity index (χ3n) is 4.00. The van der Waals surface area contributed by atoms with Gasteiger partial charge in [0, 0.05) is 10.8 Å². The van der Waals surface area contributed by atoms with Crippen molar-refractivity contribution in [2.75, 3.05) is 0 Å². The number of nitrogens with one attached hydrogen (secondary N) is 1. The Balaban J connectivity index is 1.99. The van der Waals surface area contributed by atoms with Crippen LogP contribution in [0.2, 0.25) is 0 Å². The van der Waals surface area contributed by atoms with Crippen molar-refractivity contribution in [2.24, 2.45) is 11.7 Å². The summed E-state index contributed by atoms with van der Waals surface area (Å²) < 4.78 is 5.85. The van der Waals surface area contributed by atoms with Crippen molar-refractivity contribution in [1.29, 1.82) is 0 Å². The third kappa shape index (κ3) is 2.97. The smallest absolute Gasteiger partial charge is 0.255 e. The lowest BCUT2D eigenvalue weighted by Gasteiger charge is -2.17. The second-order valence-corrected chi connectivity index (χ2v) is 6.34. The van der Waals surface area contributed by atoms with Crippen molar-refractivity contribution in [2.45, 2.75) is 26.3 Å². The summed E-state index contributed by atoms with van der Waals surface area (Å²) in [6.45, 7) is 3.95. The molecule has 124 valence electrons. The van der Waals surface area contributed by atoms with E-state index in [0.29, 0.717) is 17.6 Å². The summed E-state index contributed by atoms with van der Waals surface area (Å²) >= 11 is 0. The molecule has 2 aromatic carbocycles. The number of hydrogen-bond donors (Lipinski definition) is 2. The number of primary amides is 1. The van der Waals surface area contributed by atoms with Crippen molar-refractivity contribution in [3.05, 3.63) is 48.0 Å². The van der Waals surface area contributed by atoms with Gasteiger partial charge in [-0.3, -0.25) is 9.59 Å². The van der Waals surface area contributed by atoms with Gasteiger partial charge in [-0.25, -0.2) is 0 Å². The summed E-state index contributed by atoms with van der Waals surface area (Å²) in [4.78, 5) is 24.2. The van der Waals surface area contributed by atoms with Crippen molar-refractivity contribution >= 4 is 33.8 Å². The molecule has 0 radical (unpaired) electrons. The van der Waals surface area contributed by atoms with Crippen LogP contribution < -0.4 is 11.1 Å². The fraction of sp³-hybridized carbons (Fsp3) is 0.263. The summed E-state index contributed by atoms with van der Waals surface area (Å²) in [7, 11) is 0. The van der Waals surface area contributed by atoms with E-state index in [1.54, 1.807) is 12.1 Å². The first-order valence-electron chi connectivity index (χ1n) is 7.98. The number of carbonyl (C=O) groups excluding carboxylic acids is 2. The number of rotatable bonds is 5. The highest BCUT2D eigenvalue weighted by atomic mass is 16.3. The molecular weight excluding hydrogens is 304 g/mol. The highest BCUT2D eigenvalue weighted by Crippen LogP contribution is 2.30. The zero-order valence-corrected chi connectivity index (χ0v) is 13.7. The molecule has 0 aliphatic heterocycles. The van der Waals surface area contributed by atoms with E-state index in [-0.39, 0.29) is 11.8 Å². The highest BCUT2D eigenvalue weighted by molar-refractivity contribution is 6.13. The van der Waals surface area contributed by atoms with E-state index in [1.165, 1.54) is 0 Å². The van der Waals surface area contributed by atoms with E-state index in [0.717, 1.165) is 16.4 Å². The summed E-state index contributed by atoms with van der Waals surface area (Å²) in [5.41, 5.74) is 7.05. The van der Waals surface area contributed by atoms with Crippen LogP contribution in [0.15, 0.2) is 46.9 Å². The molecule has 0 fully saturated rings. The predicted molar refractivity (Wildman–Crippen MR) is 93.6 cm³/mol. The molecule has 0 aliphatic carbocycles. The first-order chi connectivity index (χ1) is 11.5. The Bertz CT molecular complexity index is 911. The Morgan fingerprint density at radius 1 is 1.08 bits per heavy atom. The van der Waals surface area contributed by atoms with Gasteiger partial charge in [-0.2, -0.15) is 0 Å². The van der Waals surface area contributed by atoms with Gasteiger partial charge >= 0.3 is 0 Å². The molecule has 5 nitrogen and oxygen atoms in total. The lowest BCUT2D eigenvalue weighted by Crippen LogP contribution is -2.45. The highest BCUT2D eigenvalue weighted by Gasteiger charge is 2.22. The van der Waals surface area contributed by atoms with Crippen LogP contribution in [-0.2, 0) is 4.79 Å². The van der Waals surface area contributed by atoms with Crippen LogP contribution in [0.1, 0.15) is 30.6 Å². The second kappa shape index (κ2) is 6.35. The van der Waals surface area contributed by atoms with Gasteiger partial charge in [0.25, 0.3) is 5.91 Å². The quantitative estimate of drug-likeness (QED) is 0.755. The summed E-state index contributed by atoms with van der Waals surface area (Å²) in [5, 5.41) is 4.55. The number of carbonyl (C=O) groups is 2. The van der Waals surface area contributed by atoms with Crippen LogP contribution in [-0.4, -0.2) is 17.9 Å². The normalized spacial score (nSPS) is 12.6. The number of fused-ring (bicyclic) bond motifs is 3. The molecule has 0 aliphatic rings. The summed E-state index contributed by atoms with van der Waals surface area (Å²) in [6, 6.07) is 12.3. The molecular formula is C19H20N2O3.